The van der Waals surface area contributed by atoms with E-state index in [1.165, 1.54) is 13.0 Å². The topological polar surface area (TPSA) is 127 Å². The summed E-state index contributed by atoms with van der Waals surface area (Å²) in [7, 11) is 0. The van der Waals surface area contributed by atoms with Crippen molar-refractivity contribution in [2.24, 2.45) is 0 Å². The Hall–Kier alpha value is -3.88. The van der Waals surface area contributed by atoms with Crippen LogP contribution in [0, 0.1) is 10.1 Å². The predicted octanol–water partition coefficient (Wildman–Crippen LogP) is 1.51. The van der Waals surface area contributed by atoms with Crippen LogP contribution in [-0.4, -0.2) is 45.9 Å². The highest BCUT2D eigenvalue weighted by Gasteiger charge is 2.38. The number of rotatable bonds is 7. The van der Waals surface area contributed by atoms with Gasteiger partial charge in [0.25, 0.3) is 17.5 Å². The number of carbonyl (C=O) groups is 4. The Kier molecular flexibility index (Phi) is 5.49. The normalized spacial score (nSPS) is 13.8. The van der Waals surface area contributed by atoms with Crippen LogP contribution in [0.25, 0.3) is 0 Å². The molecule has 3 amide bonds. The summed E-state index contributed by atoms with van der Waals surface area (Å²) in [6, 6.07) is 11.6. The van der Waals surface area contributed by atoms with Crippen molar-refractivity contribution in [1.82, 2.24) is 10.2 Å². The van der Waals surface area contributed by atoms with E-state index in [1.54, 1.807) is 0 Å². The molecule has 148 valence electrons. The van der Waals surface area contributed by atoms with Gasteiger partial charge >= 0.3 is 0 Å². The fourth-order valence-corrected chi connectivity index (χ4v) is 3.07. The van der Waals surface area contributed by atoms with E-state index in [4.69, 9.17) is 0 Å². The van der Waals surface area contributed by atoms with Gasteiger partial charge in [0.15, 0.2) is 5.78 Å². The molecule has 2 aromatic carbocycles. The highest BCUT2D eigenvalue weighted by molar-refractivity contribution is 6.22. The number of nitrogens with zero attached hydrogens (tertiary/aromatic N) is 2. The second-order valence-corrected chi connectivity index (χ2v) is 6.60. The number of hydrogen-bond donors (Lipinski definition) is 1. The smallest absolute Gasteiger partial charge is 0.270 e. The maximum Gasteiger partial charge on any atom is 0.270 e. The fraction of sp³-hybridized carbons (Fsp3) is 0.200. The summed E-state index contributed by atoms with van der Waals surface area (Å²) >= 11 is 0. The van der Waals surface area contributed by atoms with E-state index >= 15 is 0 Å². The van der Waals surface area contributed by atoms with Crippen LogP contribution in [0.3, 0.4) is 0 Å². The number of non-ortho nitro benzene ring substituents is 1. The van der Waals surface area contributed by atoms with Crippen LogP contribution in [0.2, 0.25) is 0 Å². The molecular formula is C20H17N3O6. The van der Waals surface area contributed by atoms with Gasteiger partial charge in [0.2, 0.25) is 5.91 Å². The van der Waals surface area contributed by atoms with Crippen LogP contribution in [-0.2, 0) is 16.0 Å². The monoisotopic (exact) mass is 395 g/mol. The molecule has 3 rings (SSSR count). The summed E-state index contributed by atoms with van der Waals surface area (Å²) < 4.78 is 0. The summed E-state index contributed by atoms with van der Waals surface area (Å²) in [5.74, 6) is -2.44. The van der Waals surface area contributed by atoms with Gasteiger partial charge in [-0.15, -0.1) is 0 Å². The third kappa shape index (κ3) is 4.18. The van der Waals surface area contributed by atoms with Gasteiger partial charge in [-0.25, -0.2) is 0 Å². The fourth-order valence-electron chi connectivity index (χ4n) is 3.07. The lowest BCUT2D eigenvalue weighted by molar-refractivity contribution is -0.384. The molecule has 2 aromatic rings. The lowest BCUT2D eigenvalue weighted by atomic mass is 10.0. The number of benzene rings is 2. The van der Waals surface area contributed by atoms with E-state index in [0.29, 0.717) is 4.90 Å². The minimum atomic E-state index is -0.804. The Labute approximate surface area is 165 Å². The highest BCUT2D eigenvalue weighted by Crippen LogP contribution is 2.26. The quantitative estimate of drug-likeness (QED) is 0.430. The molecule has 29 heavy (non-hydrogen) atoms. The predicted molar refractivity (Wildman–Crippen MR) is 101 cm³/mol. The molecule has 0 radical (unpaired) electrons. The number of hydrogen-bond acceptors (Lipinski definition) is 6. The number of carbonyl (C=O) groups excluding carboxylic acids is 4. The number of nitrogens with one attached hydrogen (secondary N) is 1. The minimum Gasteiger partial charge on any atom is -0.344 e. The number of nitro groups is 1. The van der Waals surface area contributed by atoms with Crippen molar-refractivity contribution >= 4 is 29.2 Å². The van der Waals surface area contributed by atoms with Crippen molar-refractivity contribution < 1.29 is 24.1 Å². The van der Waals surface area contributed by atoms with E-state index in [2.05, 4.69) is 5.32 Å². The molecule has 1 aliphatic rings. The van der Waals surface area contributed by atoms with Crippen molar-refractivity contribution in [3.63, 3.8) is 0 Å². The van der Waals surface area contributed by atoms with Gasteiger partial charge in [-0.05, 0) is 25.0 Å². The Balaban J connectivity index is 1.71. The van der Waals surface area contributed by atoms with Gasteiger partial charge in [-0.1, -0.05) is 30.3 Å². The second kappa shape index (κ2) is 8.01. The Morgan fingerprint density at radius 3 is 2.34 bits per heavy atom. The summed E-state index contributed by atoms with van der Waals surface area (Å²) in [6.07, 6.45) is 0.274. The SMILES string of the molecule is CC(=O)[C@H](Cc1ccccc1)NC(=O)CN1C(=O)c2ccc([N+](=O)[O-])cc2C1=O. The van der Waals surface area contributed by atoms with Gasteiger partial charge in [-0.2, -0.15) is 0 Å². The van der Waals surface area contributed by atoms with Crippen LogP contribution in [0.5, 0.6) is 0 Å². The van der Waals surface area contributed by atoms with Gasteiger partial charge < -0.3 is 5.32 Å². The maximum absolute atomic E-state index is 12.5. The average molecular weight is 395 g/mol. The van der Waals surface area contributed by atoms with Crippen molar-refractivity contribution in [2.75, 3.05) is 6.54 Å². The van der Waals surface area contributed by atoms with Crippen molar-refractivity contribution in [3.8, 4) is 0 Å². The van der Waals surface area contributed by atoms with Crippen molar-refractivity contribution in [1.29, 1.82) is 0 Å². The highest BCUT2D eigenvalue weighted by atomic mass is 16.6. The average Bonchev–Trinajstić information content (AvgIpc) is 2.92. The number of nitro benzene ring substituents is 1. The van der Waals surface area contributed by atoms with Gasteiger partial charge in [0.1, 0.15) is 6.54 Å². The summed E-state index contributed by atoms with van der Waals surface area (Å²) in [5.41, 5.74) is 0.405. The summed E-state index contributed by atoms with van der Waals surface area (Å²) in [4.78, 5) is 60.1. The molecule has 0 saturated heterocycles. The molecule has 0 aromatic heterocycles. The zero-order chi connectivity index (χ0) is 21.1. The van der Waals surface area contributed by atoms with Crippen LogP contribution >= 0.6 is 0 Å². The third-order valence-corrected chi connectivity index (χ3v) is 4.58. The molecule has 0 aliphatic carbocycles. The molecule has 1 aliphatic heterocycles. The van der Waals surface area contributed by atoms with Crippen molar-refractivity contribution in [3.05, 3.63) is 75.3 Å². The summed E-state index contributed by atoms with van der Waals surface area (Å²) in [6.45, 7) is 0.758. The number of Topliss-reactive ketones (excluding diaryl/α,β-unsaturated/α-hetero) is 1. The molecule has 0 saturated carbocycles. The molecule has 1 atom stereocenters. The Morgan fingerprint density at radius 1 is 1.07 bits per heavy atom. The van der Waals surface area contributed by atoms with E-state index in [9.17, 15) is 29.3 Å². The third-order valence-electron chi connectivity index (χ3n) is 4.58. The van der Waals surface area contributed by atoms with E-state index in [0.717, 1.165) is 17.7 Å². The minimum absolute atomic E-state index is 0.000744. The number of ketones is 1. The second-order valence-electron chi connectivity index (χ2n) is 6.60. The Morgan fingerprint density at radius 2 is 1.72 bits per heavy atom. The van der Waals surface area contributed by atoms with Crippen molar-refractivity contribution in [2.45, 2.75) is 19.4 Å². The molecule has 1 heterocycles. The van der Waals surface area contributed by atoms with E-state index < -0.39 is 35.2 Å². The molecule has 0 spiro atoms. The number of fused-ring (bicyclic) bond motifs is 1. The Bertz CT molecular complexity index is 1020. The first-order chi connectivity index (χ1) is 13.8. The van der Waals surface area contributed by atoms with E-state index in [-0.39, 0.29) is 29.0 Å². The maximum atomic E-state index is 12.5. The van der Waals surface area contributed by atoms with Crippen LogP contribution in [0.15, 0.2) is 48.5 Å². The zero-order valence-corrected chi connectivity index (χ0v) is 15.5. The molecular weight excluding hydrogens is 378 g/mol. The van der Waals surface area contributed by atoms with Crippen LogP contribution in [0.4, 0.5) is 5.69 Å². The standard InChI is InChI=1S/C20H17N3O6/c1-12(24)17(9-13-5-3-2-4-6-13)21-18(25)11-22-19(26)15-8-7-14(23(28)29)10-16(15)20(22)27/h2-8,10,17H,9,11H2,1H3,(H,21,25)/t17-/m0/s1. The van der Waals surface area contributed by atoms with Gasteiger partial charge in [-0.3, -0.25) is 34.2 Å². The molecule has 0 bridgehead atoms. The van der Waals surface area contributed by atoms with E-state index in [1.807, 2.05) is 30.3 Å². The molecule has 0 unspecified atom stereocenters. The van der Waals surface area contributed by atoms with Gasteiger partial charge in [0, 0.05) is 12.1 Å². The first-order valence-electron chi connectivity index (χ1n) is 8.76. The number of amides is 3. The zero-order valence-electron chi connectivity index (χ0n) is 15.5. The largest absolute Gasteiger partial charge is 0.344 e. The molecule has 0 fully saturated rings. The summed E-state index contributed by atoms with van der Waals surface area (Å²) in [5, 5.41) is 13.4. The lowest BCUT2D eigenvalue weighted by Gasteiger charge is -2.19. The molecule has 9 heteroatoms. The molecule has 1 N–H and O–H groups in total. The first-order valence-corrected chi connectivity index (χ1v) is 8.76. The van der Waals surface area contributed by atoms with Crippen LogP contribution in [0.1, 0.15) is 33.2 Å². The molecule has 9 nitrogen and oxygen atoms in total. The van der Waals surface area contributed by atoms with Crippen LogP contribution < -0.4 is 5.32 Å². The lowest BCUT2D eigenvalue weighted by Crippen LogP contribution is -2.47. The van der Waals surface area contributed by atoms with Gasteiger partial charge in [0.05, 0.1) is 22.1 Å². The first kappa shape index (κ1) is 19.9. The number of imide groups is 1.